The van der Waals surface area contributed by atoms with Gasteiger partial charge in [-0.1, -0.05) is 54.6 Å². The highest BCUT2D eigenvalue weighted by Crippen LogP contribution is 2.24. The molecule has 1 aliphatic rings. The lowest BCUT2D eigenvalue weighted by Crippen LogP contribution is -2.27. The first-order chi connectivity index (χ1) is 12.9. The van der Waals surface area contributed by atoms with Crippen molar-refractivity contribution in [1.29, 1.82) is 0 Å². The van der Waals surface area contributed by atoms with Crippen LogP contribution in [0.25, 0.3) is 0 Å². The SMILES string of the molecule is c1ccc(N=C2OC(COc3ccccc3)CN2c2ccccc2)cc1. The van der Waals surface area contributed by atoms with E-state index >= 15 is 0 Å². The topological polar surface area (TPSA) is 34.1 Å². The molecular formula is C22H20N2O2. The van der Waals surface area contributed by atoms with Gasteiger partial charge in [0.25, 0.3) is 6.02 Å². The second kappa shape index (κ2) is 7.74. The Morgan fingerprint density at radius 2 is 1.46 bits per heavy atom. The van der Waals surface area contributed by atoms with Crippen LogP contribution in [0.15, 0.2) is 96.0 Å². The van der Waals surface area contributed by atoms with Crippen LogP contribution in [0.2, 0.25) is 0 Å². The molecule has 26 heavy (non-hydrogen) atoms. The van der Waals surface area contributed by atoms with E-state index in [1.807, 2.05) is 78.9 Å². The van der Waals surface area contributed by atoms with E-state index < -0.39 is 0 Å². The predicted molar refractivity (Wildman–Crippen MR) is 104 cm³/mol. The maximum Gasteiger partial charge on any atom is 0.297 e. The monoisotopic (exact) mass is 344 g/mol. The molecule has 0 bridgehead atoms. The minimum atomic E-state index is -0.0853. The van der Waals surface area contributed by atoms with Crippen molar-refractivity contribution in [1.82, 2.24) is 0 Å². The summed E-state index contributed by atoms with van der Waals surface area (Å²) in [7, 11) is 0. The van der Waals surface area contributed by atoms with Crippen molar-refractivity contribution >= 4 is 17.4 Å². The number of aliphatic imine (C=N–C) groups is 1. The van der Waals surface area contributed by atoms with Crippen LogP contribution >= 0.6 is 0 Å². The van der Waals surface area contributed by atoms with Crippen molar-refractivity contribution in [2.45, 2.75) is 6.10 Å². The minimum absolute atomic E-state index is 0.0853. The van der Waals surface area contributed by atoms with Gasteiger partial charge in [0.05, 0.1) is 12.2 Å². The molecule has 3 aromatic carbocycles. The van der Waals surface area contributed by atoms with E-state index in [0.717, 1.165) is 17.1 Å². The van der Waals surface area contributed by atoms with Crippen molar-refractivity contribution in [3.63, 3.8) is 0 Å². The number of para-hydroxylation sites is 3. The van der Waals surface area contributed by atoms with Gasteiger partial charge in [0, 0.05) is 5.69 Å². The van der Waals surface area contributed by atoms with Crippen LogP contribution in [0.1, 0.15) is 0 Å². The average molecular weight is 344 g/mol. The Morgan fingerprint density at radius 1 is 0.846 bits per heavy atom. The molecule has 1 unspecified atom stereocenters. The molecular weight excluding hydrogens is 324 g/mol. The zero-order valence-electron chi connectivity index (χ0n) is 14.4. The fourth-order valence-corrected chi connectivity index (χ4v) is 2.85. The van der Waals surface area contributed by atoms with Gasteiger partial charge in [-0.15, -0.1) is 0 Å². The molecule has 1 fully saturated rings. The fourth-order valence-electron chi connectivity index (χ4n) is 2.85. The van der Waals surface area contributed by atoms with E-state index in [1.165, 1.54) is 0 Å². The summed E-state index contributed by atoms with van der Waals surface area (Å²) in [5.74, 6) is 0.843. The van der Waals surface area contributed by atoms with Crippen molar-refractivity contribution in [3.8, 4) is 5.75 Å². The minimum Gasteiger partial charge on any atom is -0.490 e. The van der Waals surface area contributed by atoms with Gasteiger partial charge in [0.15, 0.2) is 6.10 Å². The molecule has 3 aromatic rings. The highest BCUT2D eigenvalue weighted by Gasteiger charge is 2.31. The molecule has 1 aliphatic heterocycles. The second-order valence-corrected chi connectivity index (χ2v) is 6.04. The average Bonchev–Trinajstić information content (AvgIpc) is 3.11. The van der Waals surface area contributed by atoms with Gasteiger partial charge in [0.1, 0.15) is 12.4 Å². The summed E-state index contributed by atoms with van der Waals surface area (Å²) in [6.07, 6.45) is -0.0853. The van der Waals surface area contributed by atoms with E-state index in [4.69, 9.17) is 9.47 Å². The third-order valence-electron chi connectivity index (χ3n) is 4.12. The fraction of sp³-hybridized carbons (Fsp3) is 0.136. The first-order valence-corrected chi connectivity index (χ1v) is 8.69. The summed E-state index contributed by atoms with van der Waals surface area (Å²) in [5, 5.41) is 0. The van der Waals surface area contributed by atoms with Crippen molar-refractivity contribution in [2.75, 3.05) is 18.1 Å². The van der Waals surface area contributed by atoms with Crippen molar-refractivity contribution in [3.05, 3.63) is 91.0 Å². The van der Waals surface area contributed by atoms with Crippen molar-refractivity contribution < 1.29 is 9.47 Å². The van der Waals surface area contributed by atoms with Crippen LogP contribution in [0.5, 0.6) is 5.75 Å². The zero-order chi connectivity index (χ0) is 17.6. The maximum atomic E-state index is 6.11. The van der Waals surface area contributed by atoms with Crippen LogP contribution in [-0.2, 0) is 4.74 Å². The number of hydrogen-bond donors (Lipinski definition) is 0. The maximum absolute atomic E-state index is 6.11. The summed E-state index contributed by atoms with van der Waals surface area (Å²) < 4.78 is 12.0. The standard InChI is InChI=1S/C22H20N2O2/c1-4-10-18(11-5-1)23-22-24(19-12-6-2-7-13-19)16-21(26-22)17-25-20-14-8-3-9-15-20/h1-15,21H,16-17H2. The Morgan fingerprint density at radius 3 is 2.15 bits per heavy atom. The molecule has 1 saturated heterocycles. The van der Waals surface area contributed by atoms with E-state index in [0.29, 0.717) is 19.2 Å². The first kappa shape index (κ1) is 16.2. The van der Waals surface area contributed by atoms with Crippen LogP contribution < -0.4 is 9.64 Å². The van der Waals surface area contributed by atoms with Crippen LogP contribution in [0.4, 0.5) is 11.4 Å². The Balaban J connectivity index is 1.53. The Kier molecular flexibility index (Phi) is 4.83. The van der Waals surface area contributed by atoms with Gasteiger partial charge < -0.3 is 9.47 Å². The quantitative estimate of drug-likeness (QED) is 0.675. The summed E-state index contributed by atoms with van der Waals surface area (Å²) in [6.45, 7) is 1.17. The lowest BCUT2D eigenvalue weighted by atomic mass is 10.3. The van der Waals surface area contributed by atoms with Gasteiger partial charge in [-0.25, -0.2) is 0 Å². The molecule has 0 radical (unpaired) electrons. The van der Waals surface area contributed by atoms with E-state index in [9.17, 15) is 0 Å². The number of amidine groups is 1. The highest BCUT2D eigenvalue weighted by molar-refractivity contribution is 5.95. The Hall–Kier alpha value is -3.27. The number of hydrogen-bond acceptors (Lipinski definition) is 3. The predicted octanol–water partition coefficient (Wildman–Crippen LogP) is 4.66. The van der Waals surface area contributed by atoms with Gasteiger partial charge in [-0.05, 0) is 36.4 Å². The molecule has 4 heteroatoms. The van der Waals surface area contributed by atoms with E-state index in [-0.39, 0.29) is 6.10 Å². The molecule has 0 aromatic heterocycles. The highest BCUT2D eigenvalue weighted by atomic mass is 16.6. The van der Waals surface area contributed by atoms with Gasteiger partial charge in [-0.2, -0.15) is 4.99 Å². The molecule has 0 spiro atoms. The molecule has 0 saturated carbocycles. The summed E-state index contributed by atoms with van der Waals surface area (Å²) >= 11 is 0. The van der Waals surface area contributed by atoms with Crippen molar-refractivity contribution in [2.24, 2.45) is 4.99 Å². The zero-order valence-corrected chi connectivity index (χ0v) is 14.4. The third kappa shape index (κ3) is 3.86. The number of rotatable bonds is 5. The van der Waals surface area contributed by atoms with Gasteiger partial charge in [-0.3, -0.25) is 4.90 Å². The molecule has 4 nitrogen and oxygen atoms in total. The van der Waals surface area contributed by atoms with E-state index in [1.54, 1.807) is 0 Å². The molecule has 0 N–H and O–H groups in total. The molecule has 1 heterocycles. The molecule has 0 aliphatic carbocycles. The Bertz CT molecular complexity index is 851. The lowest BCUT2D eigenvalue weighted by molar-refractivity contribution is 0.147. The molecule has 130 valence electrons. The second-order valence-electron chi connectivity index (χ2n) is 6.04. The number of nitrogens with zero attached hydrogens (tertiary/aromatic N) is 2. The number of benzene rings is 3. The van der Waals surface area contributed by atoms with Gasteiger partial charge >= 0.3 is 0 Å². The summed E-state index contributed by atoms with van der Waals surface area (Å²) in [5.41, 5.74) is 1.93. The molecule has 4 rings (SSSR count). The van der Waals surface area contributed by atoms with Gasteiger partial charge in [0.2, 0.25) is 0 Å². The summed E-state index contributed by atoms with van der Waals surface area (Å²) in [6, 6.07) is 30.4. The molecule has 1 atom stereocenters. The van der Waals surface area contributed by atoms with Crippen LogP contribution in [0.3, 0.4) is 0 Å². The first-order valence-electron chi connectivity index (χ1n) is 8.69. The molecule has 0 amide bonds. The smallest absolute Gasteiger partial charge is 0.297 e. The largest absolute Gasteiger partial charge is 0.490 e. The van der Waals surface area contributed by atoms with E-state index in [2.05, 4.69) is 22.0 Å². The Labute approximate surface area is 153 Å². The van der Waals surface area contributed by atoms with Crippen LogP contribution in [-0.4, -0.2) is 25.3 Å². The normalized spacial score (nSPS) is 17.9. The lowest BCUT2D eigenvalue weighted by Gasteiger charge is -2.15. The number of anilines is 1. The third-order valence-corrected chi connectivity index (χ3v) is 4.12. The number of ether oxygens (including phenoxy) is 2. The summed E-state index contributed by atoms with van der Waals surface area (Å²) in [4.78, 5) is 6.78. The van der Waals surface area contributed by atoms with Crippen LogP contribution in [0, 0.1) is 0 Å².